The lowest BCUT2D eigenvalue weighted by atomic mass is 9.76. The number of halogens is 2. The Balaban J connectivity index is 2.19. The zero-order chi connectivity index (χ0) is 14.0. The minimum atomic E-state index is -0.464. The fourth-order valence-electron chi connectivity index (χ4n) is 1.86. The molecule has 1 saturated heterocycles. The summed E-state index contributed by atoms with van der Waals surface area (Å²) in [6.45, 7) is 7.87. The smallest absolute Gasteiger partial charge is 0.492 e. The molecule has 3 nitrogen and oxygen atoms in total. The van der Waals surface area contributed by atoms with Gasteiger partial charge in [0.1, 0.15) is 5.75 Å². The van der Waals surface area contributed by atoms with E-state index in [1.54, 1.807) is 12.1 Å². The zero-order valence-corrected chi connectivity index (χ0v) is 12.8. The Morgan fingerprint density at radius 1 is 1.21 bits per heavy atom. The van der Waals surface area contributed by atoms with Crippen molar-refractivity contribution < 1.29 is 14.0 Å². The normalized spacial score (nSPS) is 18.5. The molecule has 104 valence electrons. The van der Waals surface area contributed by atoms with Gasteiger partial charge in [0.05, 0.1) is 11.6 Å². The van der Waals surface area contributed by atoms with Crippen molar-refractivity contribution in [3.63, 3.8) is 0 Å². The van der Waals surface area contributed by atoms with Crippen LogP contribution in [0.25, 0.3) is 0 Å². The quantitative estimate of drug-likeness (QED) is 0.803. The molecule has 1 aromatic carbocycles. The monoisotopic (exact) mass is 302 g/mol. The third-order valence-corrected chi connectivity index (χ3v) is 3.48. The number of ether oxygens (including phenoxy) is 1. The minimum absolute atomic E-state index is 0.0258. The van der Waals surface area contributed by atoms with Crippen LogP contribution < -0.4 is 10.2 Å². The molecular weight excluding hydrogens is 286 g/mol. The summed E-state index contributed by atoms with van der Waals surface area (Å²) in [7, 11) is -0.464. The summed E-state index contributed by atoms with van der Waals surface area (Å²) in [4.78, 5) is 0. The van der Waals surface area contributed by atoms with E-state index in [0.717, 1.165) is 5.46 Å². The zero-order valence-electron chi connectivity index (χ0n) is 11.3. The van der Waals surface area contributed by atoms with Crippen LogP contribution in [0, 0.1) is 5.41 Å². The molecule has 1 heterocycles. The van der Waals surface area contributed by atoms with Gasteiger partial charge in [-0.05, 0) is 19.1 Å². The van der Waals surface area contributed by atoms with Gasteiger partial charge in [-0.25, -0.2) is 0 Å². The van der Waals surface area contributed by atoms with E-state index in [9.17, 15) is 0 Å². The van der Waals surface area contributed by atoms with Crippen molar-refractivity contribution in [2.75, 3.05) is 19.8 Å². The first-order valence-corrected chi connectivity index (χ1v) is 7.03. The minimum Gasteiger partial charge on any atom is -0.492 e. The Morgan fingerprint density at radius 2 is 1.84 bits per heavy atom. The number of benzene rings is 1. The number of hydrogen-bond acceptors (Lipinski definition) is 3. The van der Waals surface area contributed by atoms with Crippen molar-refractivity contribution in [3.05, 3.63) is 22.2 Å². The molecule has 0 atom stereocenters. The molecule has 0 N–H and O–H groups in total. The molecule has 1 aliphatic heterocycles. The van der Waals surface area contributed by atoms with Gasteiger partial charge >= 0.3 is 7.12 Å². The first kappa shape index (κ1) is 15.0. The molecule has 0 saturated carbocycles. The lowest BCUT2D eigenvalue weighted by Gasteiger charge is -2.33. The average Bonchev–Trinajstić information content (AvgIpc) is 2.34. The molecule has 19 heavy (non-hydrogen) atoms. The van der Waals surface area contributed by atoms with Crippen LogP contribution in [-0.4, -0.2) is 26.9 Å². The summed E-state index contributed by atoms with van der Waals surface area (Å²) in [5.74, 6) is 0.578. The maximum atomic E-state index is 6.24. The van der Waals surface area contributed by atoms with Crippen LogP contribution >= 0.6 is 23.2 Å². The van der Waals surface area contributed by atoms with Crippen molar-refractivity contribution in [1.29, 1.82) is 0 Å². The van der Waals surface area contributed by atoms with E-state index in [4.69, 9.17) is 37.2 Å². The second-order valence-electron chi connectivity index (χ2n) is 5.36. The Labute approximate surface area is 124 Å². The van der Waals surface area contributed by atoms with Crippen LogP contribution in [0.3, 0.4) is 0 Å². The van der Waals surface area contributed by atoms with E-state index < -0.39 is 7.12 Å². The Morgan fingerprint density at radius 3 is 2.42 bits per heavy atom. The van der Waals surface area contributed by atoms with E-state index in [1.807, 2.05) is 6.92 Å². The maximum Gasteiger partial charge on any atom is 0.495 e. The molecule has 1 aromatic rings. The van der Waals surface area contributed by atoms with Crippen LogP contribution in [0.4, 0.5) is 0 Å². The Kier molecular flexibility index (Phi) is 4.67. The highest BCUT2D eigenvalue weighted by Crippen LogP contribution is 2.29. The predicted octanol–water partition coefficient (Wildman–Crippen LogP) is 3.16. The molecule has 1 fully saturated rings. The van der Waals surface area contributed by atoms with Crippen molar-refractivity contribution in [2.45, 2.75) is 20.8 Å². The van der Waals surface area contributed by atoms with Crippen LogP contribution in [0.1, 0.15) is 20.8 Å². The molecule has 0 aliphatic carbocycles. The SMILES string of the molecule is CCOc1cc(Cl)c(B2OCC(C)(C)CO2)cc1Cl. The summed E-state index contributed by atoms with van der Waals surface area (Å²) in [5, 5.41) is 1.05. The van der Waals surface area contributed by atoms with Crippen molar-refractivity contribution in [2.24, 2.45) is 5.41 Å². The predicted molar refractivity (Wildman–Crippen MR) is 78.7 cm³/mol. The van der Waals surface area contributed by atoms with Gasteiger partial charge in [0.25, 0.3) is 0 Å². The van der Waals surface area contributed by atoms with Crippen LogP contribution in [0.15, 0.2) is 12.1 Å². The standard InChI is InChI=1S/C13H17BCl2O3/c1-4-17-12-6-10(15)9(5-11(12)16)14-18-7-13(2,3)8-19-14/h5-6H,4,7-8H2,1-3H3. The molecule has 0 aromatic heterocycles. The third-order valence-electron chi connectivity index (χ3n) is 2.86. The summed E-state index contributed by atoms with van der Waals surface area (Å²) >= 11 is 12.4. The highest BCUT2D eigenvalue weighted by atomic mass is 35.5. The molecule has 2 rings (SSSR count). The van der Waals surface area contributed by atoms with E-state index in [1.165, 1.54) is 0 Å². The van der Waals surface area contributed by atoms with Crippen molar-refractivity contribution in [1.82, 2.24) is 0 Å². The van der Waals surface area contributed by atoms with Crippen LogP contribution in [0.5, 0.6) is 5.75 Å². The van der Waals surface area contributed by atoms with Gasteiger partial charge < -0.3 is 14.0 Å². The lowest BCUT2D eigenvalue weighted by Crippen LogP contribution is -2.47. The second-order valence-corrected chi connectivity index (χ2v) is 6.17. The second kappa shape index (κ2) is 5.92. The highest BCUT2D eigenvalue weighted by molar-refractivity contribution is 6.65. The fourth-order valence-corrected chi connectivity index (χ4v) is 2.33. The largest absolute Gasteiger partial charge is 0.495 e. The first-order chi connectivity index (χ1) is 8.93. The average molecular weight is 303 g/mol. The summed E-state index contributed by atoms with van der Waals surface area (Å²) in [6.07, 6.45) is 0. The molecule has 0 radical (unpaired) electrons. The van der Waals surface area contributed by atoms with Gasteiger partial charge in [0.15, 0.2) is 0 Å². The highest BCUT2D eigenvalue weighted by Gasteiger charge is 2.35. The summed E-state index contributed by atoms with van der Waals surface area (Å²) in [6, 6.07) is 3.45. The molecule has 0 amide bonds. The molecule has 6 heteroatoms. The Hall–Kier alpha value is -0.415. The Bertz CT molecular complexity index is 455. The molecule has 0 bridgehead atoms. The van der Waals surface area contributed by atoms with E-state index in [-0.39, 0.29) is 5.41 Å². The van der Waals surface area contributed by atoms with E-state index in [0.29, 0.717) is 35.6 Å². The van der Waals surface area contributed by atoms with E-state index in [2.05, 4.69) is 13.8 Å². The number of hydrogen-bond donors (Lipinski definition) is 0. The van der Waals surface area contributed by atoms with Crippen molar-refractivity contribution >= 4 is 35.8 Å². The molecule has 0 unspecified atom stereocenters. The van der Waals surface area contributed by atoms with Gasteiger partial charge in [-0.2, -0.15) is 0 Å². The van der Waals surface area contributed by atoms with E-state index >= 15 is 0 Å². The summed E-state index contributed by atoms with van der Waals surface area (Å²) < 4.78 is 16.8. The first-order valence-electron chi connectivity index (χ1n) is 6.28. The topological polar surface area (TPSA) is 27.7 Å². The van der Waals surface area contributed by atoms with Crippen LogP contribution in [-0.2, 0) is 9.31 Å². The summed E-state index contributed by atoms with van der Waals surface area (Å²) in [5.41, 5.74) is 0.767. The van der Waals surface area contributed by atoms with Gasteiger partial charge in [-0.1, -0.05) is 37.0 Å². The fraction of sp³-hybridized carbons (Fsp3) is 0.538. The van der Waals surface area contributed by atoms with Gasteiger partial charge in [0, 0.05) is 29.1 Å². The van der Waals surface area contributed by atoms with Gasteiger partial charge in [0.2, 0.25) is 0 Å². The number of rotatable bonds is 3. The maximum absolute atomic E-state index is 6.24. The third kappa shape index (κ3) is 3.57. The van der Waals surface area contributed by atoms with Gasteiger partial charge in [-0.15, -0.1) is 0 Å². The lowest BCUT2D eigenvalue weighted by molar-refractivity contribution is 0.0343. The van der Waals surface area contributed by atoms with Gasteiger partial charge in [-0.3, -0.25) is 0 Å². The van der Waals surface area contributed by atoms with Crippen LogP contribution in [0.2, 0.25) is 10.0 Å². The molecule has 0 spiro atoms. The molecular formula is C13H17BCl2O3. The van der Waals surface area contributed by atoms with Crippen molar-refractivity contribution in [3.8, 4) is 5.75 Å². The molecule has 1 aliphatic rings.